The molecule has 1 aliphatic heterocycles. The zero-order chi connectivity index (χ0) is 16.0. The van der Waals surface area contributed by atoms with Gasteiger partial charge in [0.05, 0.1) is 6.04 Å². The lowest BCUT2D eigenvalue weighted by molar-refractivity contribution is -0.122. The second kappa shape index (κ2) is 5.59. The second-order valence-corrected chi connectivity index (χ2v) is 7.01. The molecule has 4 heteroatoms. The number of hydrogen-bond donors (Lipinski definition) is 0. The topological polar surface area (TPSA) is 54.5 Å². The number of fused-ring (bicyclic) bond motifs is 1. The average Bonchev–Trinajstić information content (AvgIpc) is 3.22. The van der Waals surface area contributed by atoms with Crippen LogP contribution in [0.1, 0.15) is 60.5 Å². The van der Waals surface area contributed by atoms with E-state index in [1.165, 1.54) is 0 Å². The van der Waals surface area contributed by atoms with Crippen molar-refractivity contribution in [2.45, 2.75) is 44.6 Å². The first kappa shape index (κ1) is 14.6. The number of amides is 1. The molecule has 23 heavy (non-hydrogen) atoms. The molecule has 3 atom stereocenters. The van der Waals surface area contributed by atoms with Crippen molar-refractivity contribution in [3.05, 3.63) is 35.4 Å². The lowest BCUT2D eigenvalue weighted by Crippen LogP contribution is -2.38. The quantitative estimate of drug-likeness (QED) is 0.862. The smallest absolute Gasteiger partial charge is 0.254 e. The number of benzene rings is 1. The van der Waals surface area contributed by atoms with Gasteiger partial charge in [0.1, 0.15) is 11.6 Å². The molecule has 0 bridgehead atoms. The number of Topliss-reactive ketones (excluding diaryl/α,β-unsaturated/α-hetero) is 2. The summed E-state index contributed by atoms with van der Waals surface area (Å²) in [6.07, 6.45) is 4.79. The SMILES string of the molecule is O=C1CCCC1CN1C(=O)c2ccccc2C1C1CCCC1=O. The summed E-state index contributed by atoms with van der Waals surface area (Å²) < 4.78 is 0. The fourth-order valence-corrected chi connectivity index (χ4v) is 4.52. The molecule has 0 saturated heterocycles. The minimum atomic E-state index is -0.165. The van der Waals surface area contributed by atoms with E-state index in [1.54, 1.807) is 0 Å². The molecule has 1 amide bonds. The largest absolute Gasteiger partial charge is 0.330 e. The molecule has 3 unspecified atom stereocenters. The van der Waals surface area contributed by atoms with E-state index in [0.717, 1.165) is 31.2 Å². The maximum atomic E-state index is 12.9. The summed E-state index contributed by atoms with van der Waals surface area (Å²) in [7, 11) is 0. The summed E-state index contributed by atoms with van der Waals surface area (Å²) in [5.41, 5.74) is 1.69. The van der Waals surface area contributed by atoms with Crippen LogP contribution in [0.3, 0.4) is 0 Å². The second-order valence-electron chi connectivity index (χ2n) is 7.01. The van der Waals surface area contributed by atoms with Gasteiger partial charge >= 0.3 is 0 Å². The molecule has 1 aromatic carbocycles. The highest BCUT2D eigenvalue weighted by molar-refractivity contribution is 6.00. The minimum Gasteiger partial charge on any atom is -0.330 e. The van der Waals surface area contributed by atoms with E-state index in [0.29, 0.717) is 24.9 Å². The number of hydrogen-bond acceptors (Lipinski definition) is 3. The molecule has 1 aromatic rings. The third-order valence-electron chi connectivity index (χ3n) is 5.69. The van der Waals surface area contributed by atoms with Gasteiger partial charge in [-0.1, -0.05) is 18.2 Å². The van der Waals surface area contributed by atoms with E-state index in [4.69, 9.17) is 0 Å². The van der Waals surface area contributed by atoms with E-state index in [9.17, 15) is 14.4 Å². The van der Waals surface area contributed by atoms with Crippen molar-refractivity contribution >= 4 is 17.5 Å². The molecule has 0 N–H and O–H groups in total. The zero-order valence-corrected chi connectivity index (χ0v) is 13.2. The maximum absolute atomic E-state index is 12.9. The Labute approximate surface area is 135 Å². The fourth-order valence-electron chi connectivity index (χ4n) is 4.52. The number of carbonyl (C=O) groups excluding carboxylic acids is 3. The highest BCUT2D eigenvalue weighted by Gasteiger charge is 2.46. The van der Waals surface area contributed by atoms with Crippen LogP contribution in [0.25, 0.3) is 0 Å². The van der Waals surface area contributed by atoms with Gasteiger partial charge in [0, 0.05) is 36.8 Å². The monoisotopic (exact) mass is 311 g/mol. The van der Waals surface area contributed by atoms with Crippen LogP contribution >= 0.6 is 0 Å². The molecule has 4 nitrogen and oxygen atoms in total. The van der Waals surface area contributed by atoms with Crippen LogP contribution in [-0.2, 0) is 9.59 Å². The predicted molar refractivity (Wildman–Crippen MR) is 84.9 cm³/mol. The van der Waals surface area contributed by atoms with Gasteiger partial charge in [0.2, 0.25) is 0 Å². The molecule has 4 rings (SSSR count). The molecule has 2 saturated carbocycles. The summed E-state index contributed by atoms with van der Waals surface area (Å²) in [6.45, 7) is 0.473. The Morgan fingerprint density at radius 2 is 1.70 bits per heavy atom. The van der Waals surface area contributed by atoms with Gasteiger partial charge in [0.15, 0.2) is 0 Å². The summed E-state index contributed by atoms with van der Waals surface area (Å²) >= 11 is 0. The number of rotatable bonds is 3. The van der Waals surface area contributed by atoms with Crippen LogP contribution in [0, 0.1) is 11.8 Å². The number of ketones is 2. The summed E-state index contributed by atoms with van der Waals surface area (Å²) in [5, 5.41) is 0. The Bertz CT molecular complexity index is 681. The normalized spacial score (nSPS) is 30.3. The van der Waals surface area contributed by atoms with E-state index < -0.39 is 0 Å². The maximum Gasteiger partial charge on any atom is 0.254 e. The van der Waals surface area contributed by atoms with E-state index >= 15 is 0 Å². The third-order valence-corrected chi connectivity index (χ3v) is 5.69. The fraction of sp³-hybridized carbons (Fsp3) is 0.526. The third kappa shape index (κ3) is 2.32. The molecule has 0 spiro atoms. The zero-order valence-electron chi connectivity index (χ0n) is 13.2. The molecule has 3 aliphatic rings. The average molecular weight is 311 g/mol. The highest BCUT2D eigenvalue weighted by atomic mass is 16.2. The molecule has 2 aliphatic carbocycles. The lowest BCUT2D eigenvalue weighted by Gasteiger charge is -2.31. The van der Waals surface area contributed by atoms with Gasteiger partial charge in [-0.05, 0) is 37.3 Å². The Balaban J connectivity index is 1.69. The van der Waals surface area contributed by atoms with Crippen molar-refractivity contribution in [1.29, 1.82) is 0 Å². The first-order valence-electron chi connectivity index (χ1n) is 8.62. The minimum absolute atomic E-state index is 0.00926. The van der Waals surface area contributed by atoms with Gasteiger partial charge in [-0.2, -0.15) is 0 Å². The molecule has 120 valence electrons. The molecular formula is C19H21NO3. The van der Waals surface area contributed by atoms with Crippen LogP contribution < -0.4 is 0 Å². The molecule has 0 aromatic heterocycles. The summed E-state index contributed by atoms with van der Waals surface area (Å²) in [4.78, 5) is 39.0. The Hall–Kier alpha value is -1.97. The number of nitrogens with zero attached hydrogens (tertiary/aromatic N) is 1. The predicted octanol–water partition coefficient (Wildman–Crippen LogP) is 2.92. The van der Waals surface area contributed by atoms with Crippen LogP contribution in [0.15, 0.2) is 24.3 Å². The first-order chi connectivity index (χ1) is 11.2. The number of carbonyl (C=O) groups is 3. The van der Waals surface area contributed by atoms with Gasteiger partial charge in [-0.25, -0.2) is 0 Å². The van der Waals surface area contributed by atoms with E-state index in [2.05, 4.69) is 0 Å². The lowest BCUT2D eigenvalue weighted by atomic mass is 9.90. The molecule has 1 heterocycles. The van der Waals surface area contributed by atoms with Gasteiger partial charge in [-0.15, -0.1) is 0 Å². The van der Waals surface area contributed by atoms with Crippen molar-refractivity contribution < 1.29 is 14.4 Å². The standard InChI is InChI=1S/C19H21NO3/c21-16-9-3-5-12(16)11-20-18(15-8-4-10-17(15)22)13-6-1-2-7-14(13)19(20)23/h1-2,6-7,12,15,18H,3-5,8-11H2. The Kier molecular flexibility index (Phi) is 3.55. The molecule has 2 fully saturated rings. The van der Waals surface area contributed by atoms with Crippen molar-refractivity contribution in [3.8, 4) is 0 Å². The Morgan fingerprint density at radius 1 is 0.957 bits per heavy atom. The molecule has 0 radical (unpaired) electrons. The summed E-state index contributed by atoms with van der Waals surface area (Å²) in [5.74, 6) is 0.379. The summed E-state index contributed by atoms with van der Waals surface area (Å²) in [6, 6.07) is 7.46. The highest BCUT2D eigenvalue weighted by Crippen LogP contribution is 2.44. The van der Waals surface area contributed by atoms with Gasteiger partial charge < -0.3 is 4.90 Å². The van der Waals surface area contributed by atoms with Crippen LogP contribution in [0.5, 0.6) is 0 Å². The van der Waals surface area contributed by atoms with E-state index in [1.807, 2.05) is 29.2 Å². The van der Waals surface area contributed by atoms with Crippen LogP contribution in [0.2, 0.25) is 0 Å². The van der Waals surface area contributed by atoms with Crippen molar-refractivity contribution in [1.82, 2.24) is 4.90 Å². The van der Waals surface area contributed by atoms with Crippen molar-refractivity contribution in [2.75, 3.05) is 6.54 Å². The Morgan fingerprint density at radius 3 is 2.39 bits per heavy atom. The molecular weight excluding hydrogens is 290 g/mol. The van der Waals surface area contributed by atoms with E-state index in [-0.39, 0.29) is 35.4 Å². The first-order valence-corrected chi connectivity index (χ1v) is 8.62. The van der Waals surface area contributed by atoms with Crippen LogP contribution in [0.4, 0.5) is 0 Å². The van der Waals surface area contributed by atoms with Gasteiger partial charge in [0.25, 0.3) is 5.91 Å². The van der Waals surface area contributed by atoms with Crippen molar-refractivity contribution in [3.63, 3.8) is 0 Å². The van der Waals surface area contributed by atoms with Crippen molar-refractivity contribution in [2.24, 2.45) is 11.8 Å². The van der Waals surface area contributed by atoms with Crippen LogP contribution in [-0.4, -0.2) is 28.9 Å². The van der Waals surface area contributed by atoms with Gasteiger partial charge in [-0.3, -0.25) is 14.4 Å².